The maximum absolute atomic E-state index is 13.7. The number of aryl methyl sites for hydroxylation is 1. The fourth-order valence-electron chi connectivity index (χ4n) is 3.13. The van der Waals surface area contributed by atoms with E-state index in [2.05, 4.69) is 25.4 Å². The molecule has 0 saturated heterocycles. The summed E-state index contributed by atoms with van der Waals surface area (Å²) in [5.74, 6) is -0.137. The molecule has 0 bridgehead atoms. The minimum Gasteiger partial charge on any atom is -0.493 e. The molecule has 3 heterocycles. The van der Waals surface area contributed by atoms with E-state index in [-0.39, 0.29) is 23.4 Å². The van der Waals surface area contributed by atoms with Crippen LogP contribution in [0.1, 0.15) is 24.1 Å². The van der Waals surface area contributed by atoms with E-state index in [9.17, 15) is 14.3 Å². The van der Waals surface area contributed by atoms with Crippen LogP contribution in [0.3, 0.4) is 0 Å². The van der Waals surface area contributed by atoms with Crippen LogP contribution in [0.15, 0.2) is 40.2 Å². The van der Waals surface area contributed by atoms with Gasteiger partial charge in [0.2, 0.25) is 5.88 Å². The molecule has 30 heavy (non-hydrogen) atoms. The molecule has 1 fully saturated rings. The van der Waals surface area contributed by atoms with E-state index >= 15 is 0 Å². The van der Waals surface area contributed by atoms with E-state index in [4.69, 9.17) is 4.99 Å². The van der Waals surface area contributed by atoms with Crippen LogP contribution in [0.2, 0.25) is 0 Å². The van der Waals surface area contributed by atoms with Crippen molar-refractivity contribution in [2.75, 3.05) is 5.32 Å². The number of aromatic hydroxyl groups is 1. The Morgan fingerprint density at radius 3 is 2.90 bits per heavy atom. The van der Waals surface area contributed by atoms with Gasteiger partial charge in [0.1, 0.15) is 17.3 Å². The standard InChI is InChI=1S/C20H18FN7O2/c1-10-2-3-12(21)7-14(10)24-16-8-17(23-13-4-5-13)28-18(26-16)11(9-22-28)6-15-19(29)27-20(30)25-15/h2-3,6-9,13,24,29H,4-5H2,1H3,(H2,25,27,30)/b11-6+,23-17?. The lowest BCUT2D eigenvalue weighted by Gasteiger charge is -2.09. The van der Waals surface area contributed by atoms with Gasteiger partial charge in [-0.3, -0.25) is 9.98 Å². The quantitative estimate of drug-likeness (QED) is 0.405. The molecule has 0 spiro atoms. The Hall–Kier alpha value is -3.95. The molecule has 0 unspecified atom stereocenters. The number of imidazole rings is 1. The second-order valence-corrected chi connectivity index (χ2v) is 7.27. The number of benzene rings is 1. The molecule has 0 amide bonds. The molecular weight excluding hydrogens is 389 g/mol. The number of halogens is 1. The predicted octanol–water partition coefficient (Wildman–Crippen LogP) is 1.25. The number of hydrogen-bond acceptors (Lipinski definition) is 6. The van der Waals surface area contributed by atoms with Crippen molar-refractivity contribution in [3.8, 4) is 5.88 Å². The number of aromatic amines is 2. The molecule has 4 aromatic rings. The van der Waals surface area contributed by atoms with Crippen LogP contribution in [-0.4, -0.2) is 35.7 Å². The molecule has 10 heteroatoms. The largest absolute Gasteiger partial charge is 0.493 e. The summed E-state index contributed by atoms with van der Waals surface area (Å²) in [7, 11) is 0. The maximum atomic E-state index is 13.7. The predicted molar refractivity (Wildman–Crippen MR) is 108 cm³/mol. The van der Waals surface area contributed by atoms with Crippen LogP contribution in [0.25, 0.3) is 11.7 Å². The van der Waals surface area contributed by atoms with Gasteiger partial charge in [0, 0.05) is 17.0 Å². The summed E-state index contributed by atoms with van der Waals surface area (Å²) in [5, 5.41) is 18.0. The minimum absolute atomic E-state index is 0.219. The zero-order chi connectivity index (χ0) is 20.8. The lowest BCUT2D eigenvalue weighted by molar-refractivity contribution is 0.454. The van der Waals surface area contributed by atoms with Gasteiger partial charge in [0.05, 0.1) is 12.2 Å². The Morgan fingerprint density at radius 1 is 1.33 bits per heavy atom. The molecule has 0 aliphatic heterocycles. The van der Waals surface area contributed by atoms with Gasteiger partial charge < -0.3 is 15.4 Å². The first-order valence-electron chi connectivity index (χ1n) is 9.45. The van der Waals surface area contributed by atoms with E-state index in [0.717, 1.165) is 18.4 Å². The summed E-state index contributed by atoms with van der Waals surface area (Å²) in [6, 6.07) is 6.52. The van der Waals surface area contributed by atoms with Crippen molar-refractivity contribution >= 4 is 23.2 Å². The highest BCUT2D eigenvalue weighted by atomic mass is 19.1. The molecule has 9 nitrogen and oxygen atoms in total. The third-order valence-corrected chi connectivity index (χ3v) is 4.84. The number of rotatable bonds is 4. The third-order valence-electron chi connectivity index (χ3n) is 4.84. The van der Waals surface area contributed by atoms with E-state index < -0.39 is 5.69 Å². The fraction of sp³-hybridized carbons (Fsp3) is 0.200. The average Bonchev–Trinajstić information content (AvgIpc) is 3.34. The Morgan fingerprint density at radius 2 is 2.17 bits per heavy atom. The molecule has 5 rings (SSSR count). The Bertz CT molecular complexity index is 1450. The van der Waals surface area contributed by atoms with Gasteiger partial charge in [-0.15, -0.1) is 0 Å². The van der Waals surface area contributed by atoms with Crippen LogP contribution in [0.5, 0.6) is 5.88 Å². The van der Waals surface area contributed by atoms with Gasteiger partial charge in [0.25, 0.3) is 0 Å². The highest BCUT2D eigenvalue weighted by molar-refractivity contribution is 5.63. The first-order chi connectivity index (χ1) is 14.5. The molecule has 4 N–H and O–H groups in total. The van der Waals surface area contributed by atoms with E-state index in [0.29, 0.717) is 27.9 Å². The number of nitrogens with zero attached hydrogens (tertiary/aromatic N) is 4. The molecule has 152 valence electrons. The topological polar surface area (TPSA) is 123 Å². The first kappa shape index (κ1) is 18.1. The van der Waals surface area contributed by atoms with Crippen molar-refractivity contribution in [2.24, 2.45) is 4.99 Å². The Labute approximate surface area is 168 Å². The van der Waals surface area contributed by atoms with Gasteiger partial charge in [-0.2, -0.15) is 9.61 Å². The van der Waals surface area contributed by atoms with Crippen molar-refractivity contribution in [3.05, 3.63) is 68.7 Å². The minimum atomic E-state index is -0.517. The van der Waals surface area contributed by atoms with Crippen molar-refractivity contribution in [3.63, 3.8) is 0 Å². The zero-order valence-corrected chi connectivity index (χ0v) is 16.0. The van der Waals surface area contributed by atoms with Gasteiger partial charge in [-0.25, -0.2) is 14.2 Å². The van der Waals surface area contributed by atoms with Gasteiger partial charge in [-0.05, 0) is 43.5 Å². The monoisotopic (exact) mass is 407 g/mol. The second-order valence-electron chi connectivity index (χ2n) is 7.27. The van der Waals surface area contributed by atoms with Crippen molar-refractivity contribution in [2.45, 2.75) is 25.8 Å². The van der Waals surface area contributed by atoms with Crippen molar-refractivity contribution < 1.29 is 9.50 Å². The molecule has 1 aliphatic rings. The Balaban J connectivity index is 1.69. The fourth-order valence-corrected chi connectivity index (χ4v) is 3.13. The van der Waals surface area contributed by atoms with Crippen molar-refractivity contribution in [1.29, 1.82) is 0 Å². The summed E-state index contributed by atoms with van der Waals surface area (Å²) < 4.78 is 15.3. The number of anilines is 2. The summed E-state index contributed by atoms with van der Waals surface area (Å²) in [5.41, 5.74) is 2.27. The normalized spacial score (nSPS) is 15.3. The van der Waals surface area contributed by atoms with E-state index in [1.54, 1.807) is 28.9 Å². The smallest absolute Gasteiger partial charge is 0.326 e. The average molecular weight is 407 g/mol. The molecule has 1 saturated carbocycles. The third kappa shape index (κ3) is 3.43. The van der Waals surface area contributed by atoms with Crippen LogP contribution < -0.4 is 21.7 Å². The van der Waals surface area contributed by atoms with Crippen LogP contribution >= 0.6 is 0 Å². The molecule has 1 aliphatic carbocycles. The molecule has 0 radical (unpaired) electrons. The molecule has 1 aromatic carbocycles. The first-order valence-corrected chi connectivity index (χ1v) is 9.45. The summed E-state index contributed by atoms with van der Waals surface area (Å²) in [6.07, 6.45) is 5.19. The van der Waals surface area contributed by atoms with Gasteiger partial charge in [0.15, 0.2) is 11.1 Å². The number of hydrogen-bond donors (Lipinski definition) is 4. The second kappa shape index (κ2) is 6.83. The van der Waals surface area contributed by atoms with Crippen LogP contribution in [0.4, 0.5) is 15.9 Å². The molecule has 3 aromatic heterocycles. The number of aromatic nitrogens is 5. The van der Waals surface area contributed by atoms with Gasteiger partial charge >= 0.3 is 5.69 Å². The SMILES string of the molecule is Cc1ccc(F)cc1Nc1cc(=NC2CC2)n2nc/c(=C\c3[nH]c(=O)[nH]c3O)c2n1. The Kier molecular flexibility index (Phi) is 4.12. The molecular formula is C20H18FN7O2. The zero-order valence-electron chi connectivity index (χ0n) is 16.0. The van der Waals surface area contributed by atoms with Gasteiger partial charge in [-0.1, -0.05) is 6.07 Å². The lowest BCUT2D eigenvalue weighted by atomic mass is 10.2. The highest BCUT2D eigenvalue weighted by Crippen LogP contribution is 2.23. The molecule has 0 atom stereocenters. The maximum Gasteiger partial charge on any atom is 0.326 e. The van der Waals surface area contributed by atoms with Crippen LogP contribution in [-0.2, 0) is 0 Å². The van der Waals surface area contributed by atoms with E-state index in [1.165, 1.54) is 12.1 Å². The summed E-state index contributed by atoms with van der Waals surface area (Å²) >= 11 is 0. The van der Waals surface area contributed by atoms with Crippen molar-refractivity contribution in [1.82, 2.24) is 24.6 Å². The number of H-pyrrole nitrogens is 2. The lowest BCUT2D eigenvalue weighted by Crippen LogP contribution is -2.20. The number of fused-ring (bicyclic) bond motifs is 1. The van der Waals surface area contributed by atoms with Crippen LogP contribution in [0, 0.1) is 12.7 Å². The van der Waals surface area contributed by atoms with E-state index in [1.807, 2.05) is 6.92 Å². The number of nitrogens with one attached hydrogen (secondary N) is 3. The summed E-state index contributed by atoms with van der Waals surface area (Å²) in [4.78, 5) is 25.5. The summed E-state index contributed by atoms with van der Waals surface area (Å²) in [6.45, 7) is 1.87. The highest BCUT2D eigenvalue weighted by Gasteiger charge is 2.20.